The largest absolute Gasteiger partial charge is 0.123 e. The predicted molar refractivity (Wildman–Crippen MR) is 83.9 cm³/mol. The van der Waals surface area contributed by atoms with Crippen molar-refractivity contribution in [1.29, 1.82) is 0 Å². The Balaban J connectivity index is 1.86. The molecule has 0 amide bonds. The molecule has 2 rings (SSSR count). The second kappa shape index (κ2) is 7.13. The van der Waals surface area contributed by atoms with Gasteiger partial charge in [-0.05, 0) is 24.3 Å². The van der Waals surface area contributed by atoms with Crippen molar-refractivity contribution in [2.45, 2.75) is 22.0 Å². The lowest BCUT2D eigenvalue weighted by atomic mass is 10.4. The van der Waals surface area contributed by atoms with Crippen LogP contribution in [0.2, 0.25) is 5.02 Å². The Labute approximate surface area is 122 Å². The van der Waals surface area contributed by atoms with Crippen LogP contribution in [0.15, 0.2) is 64.4 Å². The van der Waals surface area contributed by atoms with E-state index in [-0.39, 0.29) is 0 Å². The van der Waals surface area contributed by atoms with E-state index in [9.17, 15) is 0 Å². The lowest BCUT2D eigenvalue weighted by Crippen LogP contribution is -1.99. The molecule has 0 saturated carbocycles. The van der Waals surface area contributed by atoms with E-state index in [1.54, 1.807) is 0 Å². The highest BCUT2D eigenvalue weighted by Crippen LogP contribution is 2.31. The standard InChI is InChI=1S/C15H15ClS2/c1-12(18-13-7-3-2-4-8-13)11-17-15-10-6-5-9-14(15)16/h2-10,12H,11H2,1H3. The summed E-state index contributed by atoms with van der Waals surface area (Å²) in [6.45, 7) is 2.25. The van der Waals surface area contributed by atoms with Crippen LogP contribution in [0.5, 0.6) is 0 Å². The zero-order chi connectivity index (χ0) is 12.8. The minimum absolute atomic E-state index is 0.564. The van der Waals surface area contributed by atoms with E-state index >= 15 is 0 Å². The Morgan fingerprint density at radius 3 is 2.39 bits per heavy atom. The van der Waals surface area contributed by atoms with Gasteiger partial charge in [-0.15, -0.1) is 23.5 Å². The molecule has 0 radical (unpaired) electrons. The second-order valence-electron chi connectivity index (χ2n) is 3.98. The maximum atomic E-state index is 6.14. The van der Waals surface area contributed by atoms with Gasteiger partial charge in [-0.25, -0.2) is 0 Å². The summed E-state index contributed by atoms with van der Waals surface area (Å²) >= 11 is 9.87. The summed E-state index contributed by atoms with van der Waals surface area (Å²) in [5.41, 5.74) is 0. The fraction of sp³-hybridized carbons (Fsp3) is 0.200. The normalized spacial score (nSPS) is 12.3. The van der Waals surface area contributed by atoms with Crippen LogP contribution < -0.4 is 0 Å². The van der Waals surface area contributed by atoms with Gasteiger partial charge in [0.05, 0.1) is 5.02 Å². The maximum Gasteiger partial charge on any atom is 0.0541 e. The Morgan fingerprint density at radius 1 is 1.00 bits per heavy atom. The minimum atomic E-state index is 0.564. The quantitative estimate of drug-likeness (QED) is 0.657. The van der Waals surface area contributed by atoms with Crippen LogP contribution in [0.4, 0.5) is 0 Å². The molecular weight excluding hydrogens is 280 g/mol. The van der Waals surface area contributed by atoms with Gasteiger partial charge < -0.3 is 0 Å². The van der Waals surface area contributed by atoms with Crippen LogP contribution in [0.3, 0.4) is 0 Å². The van der Waals surface area contributed by atoms with Gasteiger partial charge in [-0.2, -0.15) is 0 Å². The third-order valence-electron chi connectivity index (χ3n) is 2.39. The fourth-order valence-corrected chi connectivity index (χ4v) is 3.88. The molecule has 0 aliphatic heterocycles. The van der Waals surface area contributed by atoms with Crippen molar-refractivity contribution in [2.75, 3.05) is 5.75 Å². The van der Waals surface area contributed by atoms with Crippen LogP contribution in [-0.4, -0.2) is 11.0 Å². The molecule has 94 valence electrons. The van der Waals surface area contributed by atoms with E-state index in [0.29, 0.717) is 5.25 Å². The predicted octanol–water partition coefficient (Wildman–Crippen LogP) is 5.61. The first-order chi connectivity index (χ1) is 8.75. The molecule has 2 aromatic rings. The lowest BCUT2D eigenvalue weighted by Gasteiger charge is -2.11. The number of rotatable bonds is 5. The molecule has 0 heterocycles. The van der Waals surface area contributed by atoms with Crippen molar-refractivity contribution < 1.29 is 0 Å². The zero-order valence-electron chi connectivity index (χ0n) is 10.2. The molecule has 0 N–H and O–H groups in total. The van der Waals surface area contributed by atoms with E-state index in [1.807, 2.05) is 47.8 Å². The summed E-state index contributed by atoms with van der Waals surface area (Å²) in [5.74, 6) is 1.06. The first kappa shape index (κ1) is 13.9. The minimum Gasteiger partial charge on any atom is -0.123 e. The van der Waals surface area contributed by atoms with E-state index in [4.69, 9.17) is 11.6 Å². The first-order valence-electron chi connectivity index (χ1n) is 5.85. The maximum absolute atomic E-state index is 6.14. The van der Waals surface area contributed by atoms with Gasteiger partial charge in [-0.3, -0.25) is 0 Å². The number of thioether (sulfide) groups is 2. The van der Waals surface area contributed by atoms with Gasteiger partial charge >= 0.3 is 0 Å². The van der Waals surface area contributed by atoms with Crippen molar-refractivity contribution in [3.8, 4) is 0 Å². The molecule has 0 fully saturated rings. The first-order valence-corrected chi connectivity index (χ1v) is 8.09. The molecular formula is C15H15ClS2. The molecule has 1 unspecified atom stereocenters. The monoisotopic (exact) mass is 294 g/mol. The molecule has 0 aliphatic rings. The van der Waals surface area contributed by atoms with Gasteiger partial charge in [0.15, 0.2) is 0 Å². The van der Waals surface area contributed by atoms with Crippen LogP contribution >= 0.6 is 35.1 Å². The Bertz CT molecular complexity index is 485. The summed E-state index contributed by atoms with van der Waals surface area (Å²) < 4.78 is 0. The molecule has 0 spiro atoms. The van der Waals surface area contributed by atoms with Crippen molar-refractivity contribution >= 4 is 35.1 Å². The van der Waals surface area contributed by atoms with Crippen LogP contribution in [0.1, 0.15) is 6.92 Å². The molecule has 0 aromatic heterocycles. The van der Waals surface area contributed by atoms with Gasteiger partial charge in [0.2, 0.25) is 0 Å². The highest BCUT2D eigenvalue weighted by Gasteiger charge is 2.06. The number of halogens is 1. The molecule has 0 aliphatic carbocycles. The average Bonchev–Trinajstić information content (AvgIpc) is 2.39. The van der Waals surface area contributed by atoms with Crippen LogP contribution in [-0.2, 0) is 0 Å². The summed E-state index contributed by atoms with van der Waals surface area (Å²) in [7, 11) is 0. The Hall–Kier alpha value is -0.570. The Morgan fingerprint density at radius 2 is 1.67 bits per heavy atom. The molecule has 0 bridgehead atoms. The van der Waals surface area contributed by atoms with Crippen molar-refractivity contribution in [2.24, 2.45) is 0 Å². The summed E-state index contributed by atoms with van der Waals surface area (Å²) in [4.78, 5) is 2.49. The number of hydrogen-bond donors (Lipinski definition) is 0. The molecule has 0 nitrogen and oxygen atoms in total. The van der Waals surface area contributed by atoms with Crippen LogP contribution in [0.25, 0.3) is 0 Å². The van der Waals surface area contributed by atoms with Gasteiger partial charge in [0.25, 0.3) is 0 Å². The fourth-order valence-electron chi connectivity index (χ4n) is 1.53. The molecule has 18 heavy (non-hydrogen) atoms. The van der Waals surface area contributed by atoms with Crippen molar-refractivity contribution in [3.63, 3.8) is 0 Å². The zero-order valence-corrected chi connectivity index (χ0v) is 12.6. The highest BCUT2D eigenvalue weighted by molar-refractivity contribution is 8.03. The summed E-state index contributed by atoms with van der Waals surface area (Å²) in [5, 5.41) is 1.41. The van der Waals surface area contributed by atoms with Crippen LogP contribution in [0, 0.1) is 0 Å². The number of benzene rings is 2. The van der Waals surface area contributed by atoms with Gasteiger partial charge in [-0.1, -0.05) is 48.9 Å². The number of hydrogen-bond acceptors (Lipinski definition) is 2. The molecule has 0 saturated heterocycles. The highest BCUT2D eigenvalue weighted by atomic mass is 35.5. The molecule has 2 aromatic carbocycles. The smallest absolute Gasteiger partial charge is 0.0541 e. The van der Waals surface area contributed by atoms with E-state index in [1.165, 1.54) is 9.79 Å². The van der Waals surface area contributed by atoms with Crippen molar-refractivity contribution in [1.82, 2.24) is 0 Å². The van der Waals surface area contributed by atoms with E-state index < -0.39 is 0 Å². The molecule has 3 heteroatoms. The molecule has 1 atom stereocenters. The SMILES string of the molecule is CC(CSc1ccccc1Cl)Sc1ccccc1. The second-order valence-corrected chi connectivity index (χ2v) is 6.96. The summed E-state index contributed by atoms with van der Waals surface area (Å²) in [6, 6.07) is 18.5. The lowest BCUT2D eigenvalue weighted by molar-refractivity contribution is 1.12. The average molecular weight is 295 g/mol. The van der Waals surface area contributed by atoms with E-state index in [0.717, 1.165) is 10.8 Å². The Kier molecular flexibility index (Phi) is 5.48. The van der Waals surface area contributed by atoms with Gasteiger partial charge in [0.1, 0.15) is 0 Å². The topological polar surface area (TPSA) is 0 Å². The third kappa shape index (κ3) is 4.27. The van der Waals surface area contributed by atoms with Gasteiger partial charge in [0, 0.05) is 20.8 Å². The summed E-state index contributed by atoms with van der Waals surface area (Å²) in [6.07, 6.45) is 0. The van der Waals surface area contributed by atoms with E-state index in [2.05, 4.69) is 37.3 Å². The third-order valence-corrected chi connectivity index (χ3v) is 5.49. The van der Waals surface area contributed by atoms with Crippen molar-refractivity contribution in [3.05, 3.63) is 59.6 Å².